The fraction of sp³-hybridized carbons (Fsp3) is 0.455. The summed E-state index contributed by atoms with van der Waals surface area (Å²) < 4.78 is 0. The van der Waals surface area contributed by atoms with E-state index in [2.05, 4.69) is 10.3 Å². The summed E-state index contributed by atoms with van der Waals surface area (Å²) >= 11 is 0. The number of carbonyl (C=O) groups is 1. The van der Waals surface area contributed by atoms with Gasteiger partial charge in [-0.1, -0.05) is 6.07 Å². The van der Waals surface area contributed by atoms with E-state index in [1.54, 1.807) is 18.1 Å². The number of nitrogens with zero attached hydrogens (tertiary/aromatic N) is 2. The molecular formula is C11H17N3O. The van der Waals surface area contributed by atoms with Gasteiger partial charge in [0.1, 0.15) is 5.69 Å². The molecule has 4 nitrogen and oxygen atoms in total. The van der Waals surface area contributed by atoms with Gasteiger partial charge in [-0.15, -0.1) is 0 Å². The molecule has 1 amide bonds. The molecule has 0 atom stereocenters. The quantitative estimate of drug-likeness (QED) is 0.789. The van der Waals surface area contributed by atoms with Crippen LogP contribution in [-0.2, 0) is 0 Å². The van der Waals surface area contributed by atoms with E-state index in [4.69, 9.17) is 0 Å². The smallest absolute Gasteiger partial charge is 0.272 e. The third-order valence-corrected chi connectivity index (χ3v) is 2.26. The monoisotopic (exact) mass is 207 g/mol. The van der Waals surface area contributed by atoms with Crippen molar-refractivity contribution >= 4 is 5.91 Å². The number of amides is 1. The zero-order valence-corrected chi connectivity index (χ0v) is 9.45. The first-order valence-electron chi connectivity index (χ1n) is 4.98. The SMILES string of the molecule is CNCCN(C)C(=O)c1ncccc1C. The maximum Gasteiger partial charge on any atom is 0.272 e. The number of nitrogens with one attached hydrogen (secondary N) is 1. The molecule has 15 heavy (non-hydrogen) atoms. The molecule has 0 saturated heterocycles. The molecule has 1 rings (SSSR count). The minimum absolute atomic E-state index is 0.0247. The van der Waals surface area contributed by atoms with Crippen LogP contribution < -0.4 is 5.32 Å². The highest BCUT2D eigenvalue weighted by Crippen LogP contribution is 2.05. The number of rotatable bonds is 4. The highest BCUT2D eigenvalue weighted by molar-refractivity contribution is 5.93. The number of pyridine rings is 1. The van der Waals surface area contributed by atoms with E-state index in [0.29, 0.717) is 12.2 Å². The molecule has 0 aliphatic heterocycles. The molecule has 1 aromatic rings. The largest absolute Gasteiger partial charge is 0.339 e. The molecule has 0 spiro atoms. The molecule has 0 aromatic carbocycles. The Morgan fingerprint density at radius 2 is 2.33 bits per heavy atom. The van der Waals surface area contributed by atoms with Crippen LogP contribution in [-0.4, -0.2) is 43.0 Å². The van der Waals surface area contributed by atoms with Crippen molar-refractivity contribution in [3.05, 3.63) is 29.6 Å². The van der Waals surface area contributed by atoms with E-state index in [0.717, 1.165) is 12.1 Å². The molecule has 4 heteroatoms. The highest BCUT2D eigenvalue weighted by atomic mass is 16.2. The van der Waals surface area contributed by atoms with Crippen molar-refractivity contribution in [2.75, 3.05) is 27.2 Å². The topological polar surface area (TPSA) is 45.2 Å². The summed E-state index contributed by atoms with van der Waals surface area (Å²) in [5.74, 6) is -0.0247. The molecule has 1 heterocycles. The van der Waals surface area contributed by atoms with Crippen LogP contribution in [0, 0.1) is 6.92 Å². The van der Waals surface area contributed by atoms with E-state index in [1.807, 2.05) is 26.1 Å². The number of aromatic nitrogens is 1. The van der Waals surface area contributed by atoms with Crippen LogP contribution in [0.25, 0.3) is 0 Å². The lowest BCUT2D eigenvalue weighted by molar-refractivity contribution is 0.0790. The predicted molar refractivity (Wildman–Crippen MR) is 59.9 cm³/mol. The molecule has 82 valence electrons. The van der Waals surface area contributed by atoms with Crippen LogP contribution in [0.5, 0.6) is 0 Å². The van der Waals surface area contributed by atoms with Gasteiger partial charge in [0, 0.05) is 26.3 Å². The fourth-order valence-electron chi connectivity index (χ4n) is 1.27. The number of hydrogen-bond acceptors (Lipinski definition) is 3. The Morgan fingerprint density at radius 1 is 1.60 bits per heavy atom. The average molecular weight is 207 g/mol. The number of aryl methyl sites for hydroxylation is 1. The van der Waals surface area contributed by atoms with Gasteiger partial charge in [0.2, 0.25) is 0 Å². The standard InChI is InChI=1S/C11H17N3O/c1-9-5-4-6-13-10(9)11(15)14(3)8-7-12-2/h4-6,12H,7-8H2,1-3H3. The van der Waals surface area contributed by atoms with E-state index in [9.17, 15) is 4.79 Å². The Hall–Kier alpha value is -1.42. The lowest BCUT2D eigenvalue weighted by atomic mass is 10.2. The van der Waals surface area contributed by atoms with Crippen molar-refractivity contribution in [1.29, 1.82) is 0 Å². The number of likely N-dealkylation sites (N-methyl/N-ethyl adjacent to an activating group) is 2. The minimum Gasteiger partial charge on any atom is -0.339 e. The van der Waals surface area contributed by atoms with Gasteiger partial charge in [-0.3, -0.25) is 9.78 Å². The molecule has 0 unspecified atom stereocenters. The fourth-order valence-corrected chi connectivity index (χ4v) is 1.27. The Morgan fingerprint density at radius 3 is 2.93 bits per heavy atom. The number of carbonyl (C=O) groups excluding carboxylic acids is 1. The molecule has 0 aliphatic carbocycles. The van der Waals surface area contributed by atoms with E-state index in [-0.39, 0.29) is 5.91 Å². The average Bonchev–Trinajstić information content (AvgIpc) is 2.25. The van der Waals surface area contributed by atoms with Gasteiger partial charge in [0.25, 0.3) is 5.91 Å². The molecule has 0 bridgehead atoms. The summed E-state index contributed by atoms with van der Waals surface area (Å²) in [5.41, 5.74) is 1.45. The van der Waals surface area contributed by atoms with Gasteiger partial charge < -0.3 is 10.2 Å². The van der Waals surface area contributed by atoms with Crippen LogP contribution in [0.2, 0.25) is 0 Å². The van der Waals surface area contributed by atoms with Gasteiger partial charge in [-0.05, 0) is 25.6 Å². The van der Waals surface area contributed by atoms with Crippen molar-refractivity contribution in [2.45, 2.75) is 6.92 Å². The van der Waals surface area contributed by atoms with Crippen LogP contribution in [0.4, 0.5) is 0 Å². The molecule has 0 fully saturated rings. The molecule has 0 saturated carbocycles. The first kappa shape index (κ1) is 11.7. The molecule has 1 aromatic heterocycles. The van der Waals surface area contributed by atoms with Crippen LogP contribution in [0.1, 0.15) is 16.1 Å². The van der Waals surface area contributed by atoms with Gasteiger partial charge in [-0.2, -0.15) is 0 Å². The number of hydrogen-bond donors (Lipinski definition) is 1. The van der Waals surface area contributed by atoms with E-state index >= 15 is 0 Å². The first-order valence-corrected chi connectivity index (χ1v) is 4.98. The Kier molecular flexibility index (Phi) is 4.24. The zero-order valence-electron chi connectivity index (χ0n) is 9.45. The van der Waals surface area contributed by atoms with E-state index in [1.165, 1.54) is 0 Å². The Labute approximate surface area is 90.3 Å². The molecule has 0 aliphatic rings. The lowest BCUT2D eigenvalue weighted by Gasteiger charge is -2.17. The van der Waals surface area contributed by atoms with Crippen LogP contribution >= 0.6 is 0 Å². The normalized spacial score (nSPS) is 10.1. The molecular weight excluding hydrogens is 190 g/mol. The zero-order chi connectivity index (χ0) is 11.3. The van der Waals surface area contributed by atoms with Crippen molar-refractivity contribution < 1.29 is 4.79 Å². The highest BCUT2D eigenvalue weighted by Gasteiger charge is 2.14. The third-order valence-electron chi connectivity index (χ3n) is 2.26. The van der Waals surface area contributed by atoms with Crippen LogP contribution in [0.15, 0.2) is 18.3 Å². The second-order valence-electron chi connectivity index (χ2n) is 3.50. The maximum atomic E-state index is 11.9. The summed E-state index contributed by atoms with van der Waals surface area (Å²) in [6.07, 6.45) is 1.64. The Balaban J connectivity index is 2.72. The van der Waals surface area contributed by atoms with Gasteiger partial charge in [-0.25, -0.2) is 0 Å². The van der Waals surface area contributed by atoms with Crippen molar-refractivity contribution in [1.82, 2.24) is 15.2 Å². The summed E-state index contributed by atoms with van der Waals surface area (Å²) in [6, 6.07) is 3.73. The van der Waals surface area contributed by atoms with Crippen molar-refractivity contribution in [2.24, 2.45) is 0 Å². The van der Waals surface area contributed by atoms with Gasteiger partial charge in [0.15, 0.2) is 0 Å². The Bertz CT molecular complexity index is 338. The second kappa shape index (κ2) is 5.46. The summed E-state index contributed by atoms with van der Waals surface area (Å²) in [7, 11) is 3.65. The summed E-state index contributed by atoms with van der Waals surface area (Å²) in [5, 5.41) is 3.01. The van der Waals surface area contributed by atoms with Crippen molar-refractivity contribution in [3.8, 4) is 0 Å². The van der Waals surface area contributed by atoms with E-state index < -0.39 is 0 Å². The molecule has 1 N–H and O–H groups in total. The first-order chi connectivity index (χ1) is 7.16. The van der Waals surface area contributed by atoms with Gasteiger partial charge >= 0.3 is 0 Å². The summed E-state index contributed by atoms with van der Waals surface area (Å²) in [6.45, 7) is 3.37. The van der Waals surface area contributed by atoms with Crippen molar-refractivity contribution in [3.63, 3.8) is 0 Å². The lowest BCUT2D eigenvalue weighted by Crippen LogP contribution is -2.33. The predicted octanol–water partition coefficient (Wildman–Crippen LogP) is 0.681. The minimum atomic E-state index is -0.0247. The maximum absolute atomic E-state index is 11.9. The molecule has 0 radical (unpaired) electrons. The summed E-state index contributed by atoms with van der Waals surface area (Å²) in [4.78, 5) is 17.7. The third kappa shape index (κ3) is 3.02. The second-order valence-corrected chi connectivity index (χ2v) is 3.50. The van der Waals surface area contributed by atoms with Gasteiger partial charge in [0.05, 0.1) is 0 Å². The van der Waals surface area contributed by atoms with Crippen LogP contribution in [0.3, 0.4) is 0 Å².